The summed E-state index contributed by atoms with van der Waals surface area (Å²) in [7, 11) is 0. The van der Waals surface area contributed by atoms with E-state index < -0.39 is 24.1 Å². The van der Waals surface area contributed by atoms with E-state index in [1.165, 1.54) is 0 Å². The summed E-state index contributed by atoms with van der Waals surface area (Å²) in [6.45, 7) is 3.87. The average Bonchev–Trinajstić information content (AvgIpc) is 2.50. The molecule has 0 aliphatic rings. The van der Waals surface area contributed by atoms with Gasteiger partial charge in [0.2, 0.25) is 5.91 Å². The molecule has 1 aromatic carbocycles. The summed E-state index contributed by atoms with van der Waals surface area (Å²) in [5.74, 6) is -0.461. The second-order valence-corrected chi connectivity index (χ2v) is 5.37. The zero-order valence-electron chi connectivity index (χ0n) is 13.2. The van der Waals surface area contributed by atoms with Gasteiger partial charge in [0, 0.05) is 0 Å². The number of hydrogen-bond acceptors (Lipinski definition) is 4. The van der Waals surface area contributed by atoms with Crippen molar-refractivity contribution in [3.8, 4) is 0 Å². The normalized spacial score (nSPS) is 11.4. The highest BCUT2D eigenvalue weighted by Crippen LogP contribution is 2.04. The standard InChI is InChI=1S/C15H22N4O4/c1-10(2)8-12(13(16)20)17-14(21)18-19-15(22)23-9-11-6-4-3-5-7-11/h3-7,10,12H,8-9H2,1-2H3,(H2,16,20)(H,19,22)(H2,17,18,21)/t12-/m0/s1. The van der Waals surface area contributed by atoms with Gasteiger partial charge in [-0.2, -0.15) is 0 Å². The Hall–Kier alpha value is -2.77. The lowest BCUT2D eigenvalue weighted by molar-refractivity contribution is -0.120. The third kappa shape index (κ3) is 7.70. The third-order valence-electron chi connectivity index (χ3n) is 2.85. The van der Waals surface area contributed by atoms with Crippen molar-refractivity contribution in [1.82, 2.24) is 16.2 Å². The van der Waals surface area contributed by atoms with Crippen LogP contribution in [0.3, 0.4) is 0 Å². The molecule has 0 unspecified atom stereocenters. The van der Waals surface area contributed by atoms with E-state index in [0.29, 0.717) is 6.42 Å². The number of rotatable bonds is 6. The molecule has 0 aliphatic carbocycles. The van der Waals surface area contributed by atoms with Gasteiger partial charge >= 0.3 is 12.1 Å². The van der Waals surface area contributed by atoms with Crippen LogP contribution >= 0.6 is 0 Å². The number of carbonyl (C=O) groups is 3. The molecule has 0 bridgehead atoms. The molecule has 126 valence electrons. The van der Waals surface area contributed by atoms with Gasteiger partial charge in [0.25, 0.3) is 0 Å². The molecule has 23 heavy (non-hydrogen) atoms. The second kappa shape index (κ2) is 9.29. The first kappa shape index (κ1) is 18.3. The van der Waals surface area contributed by atoms with Gasteiger partial charge in [0.1, 0.15) is 12.6 Å². The highest BCUT2D eigenvalue weighted by atomic mass is 16.6. The van der Waals surface area contributed by atoms with Gasteiger partial charge in [-0.1, -0.05) is 44.2 Å². The minimum absolute atomic E-state index is 0.0766. The van der Waals surface area contributed by atoms with Gasteiger partial charge in [-0.25, -0.2) is 20.4 Å². The Balaban J connectivity index is 2.31. The molecule has 0 fully saturated rings. The van der Waals surface area contributed by atoms with E-state index in [0.717, 1.165) is 5.56 Å². The highest BCUT2D eigenvalue weighted by Gasteiger charge is 2.19. The van der Waals surface area contributed by atoms with Crippen LogP contribution in [0, 0.1) is 5.92 Å². The van der Waals surface area contributed by atoms with Crippen molar-refractivity contribution < 1.29 is 19.1 Å². The molecule has 8 nitrogen and oxygen atoms in total. The van der Waals surface area contributed by atoms with Gasteiger partial charge < -0.3 is 15.8 Å². The fourth-order valence-electron chi connectivity index (χ4n) is 1.78. The monoisotopic (exact) mass is 322 g/mol. The van der Waals surface area contributed by atoms with Crippen LogP contribution in [0.15, 0.2) is 30.3 Å². The molecule has 0 aromatic heterocycles. The fraction of sp³-hybridized carbons (Fsp3) is 0.400. The van der Waals surface area contributed by atoms with Crippen molar-refractivity contribution >= 4 is 18.0 Å². The molecule has 0 spiro atoms. The zero-order chi connectivity index (χ0) is 17.2. The zero-order valence-corrected chi connectivity index (χ0v) is 13.2. The van der Waals surface area contributed by atoms with Crippen LogP contribution in [0.1, 0.15) is 25.8 Å². The van der Waals surface area contributed by atoms with Crippen LogP contribution < -0.4 is 21.9 Å². The van der Waals surface area contributed by atoms with Crippen molar-refractivity contribution in [2.45, 2.75) is 32.9 Å². The van der Waals surface area contributed by atoms with Gasteiger partial charge in [0.15, 0.2) is 0 Å². The first-order chi connectivity index (χ1) is 10.9. The number of amides is 4. The van der Waals surface area contributed by atoms with E-state index in [1.807, 2.05) is 32.0 Å². The van der Waals surface area contributed by atoms with Crippen LogP contribution in [0.2, 0.25) is 0 Å². The number of nitrogens with one attached hydrogen (secondary N) is 3. The molecule has 1 aromatic rings. The number of hydrazine groups is 1. The predicted molar refractivity (Wildman–Crippen MR) is 83.9 cm³/mol. The lowest BCUT2D eigenvalue weighted by Gasteiger charge is -2.17. The molecule has 0 saturated heterocycles. The molecule has 0 saturated carbocycles. The fourth-order valence-corrected chi connectivity index (χ4v) is 1.78. The Morgan fingerprint density at radius 3 is 2.35 bits per heavy atom. The van der Waals surface area contributed by atoms with Crippen molar-refractivity contribution in [3.05, 3.63) is 35.9 Å². The van der Waals surface area contributed by atoms with Gasteiger partial charge in [0.05, 0.1) is 0 Å². The summed E-state index contributed by atoms with van der Waals surface area (Å²) in [4.78, 5) is 34.3. The first-order valence-electron chi connectivity index (χ1n) is 7.21. The third-order valence-corrected chi connectivity index (χ3v) is 2.85. The minimum atomic E-state index is -0.816. The maximum absolute atomic E-state index is 11.6. The SMILES string of the molecule is CC(C)C[C@H](NC(=O)NNC(=O)OCc1ccccc1)C(N)=O. The van der Waals surface area contributed by atoms with Gasteiger partial charge in [-0.15, -0.1) is 0 Å². The van der Waals surface area contributed by atoms with Crippen molar-refractivity contribution in [1.29, 1.82) is 0 Å². The molecule has 0 heterocycles. The lowest BCUT2D eigenvalue weighted by atomic mass is 10.0. The van der Waals surface area contributed by atoms with E-state index in [9.17, 15) is 14.4 Å². The van der Waals surface area contributed by atoms with E-state index in [2.05, 4.69) is 16.2 Å². The Morgan fingerprint density at radius 2 is 1.78 bits per heavy atom. The smallest absolute Gasteiger partial charge is 0.426 e. The quantitative estimate of drug-likeness (QED) is 0.584. The van der Waals surface area contributed by atoms with Crippen LogP contribution in [0.5, 0.6) is 0 Å². The molecule has 1 rings (SSSR count). The molecular formula is C15H22N4O4. The van der Waals surface area contributed by atoms with E-state index in [-0.39, 0.29) is 12.5 Å². The van der Waals surface area contributed by atoms with Crippen molar-refractivity contribution in [3.63, 3.8) is 0 Å². The van der Waals surface area contributed by atoms with Crippen LogP contribution in [-0.4, -0.2) is 24.1 Å². The summed E-state index contributed by atoms with van der Waals surface area (Å²) in [6.07, 6.45) is -0.412. The first-order valence-corrected chi connectivity index (χ1v) is 7.21. The number of primary amides is 1. The number of urea groups is 1. The van der Waals surface area contributed by atoms with Gasteiger partial charge in [-0.05, 0) is 17.9 Å². The van der Waals surface area contributed by atoms with Crippen LogP contribution in [0.4, 0.5) is 9.59 Å². The van der Waals surface area contributed by atoms with Gasteiger partial charge in [-0.3, -0.25) is 4.79 Å². The summed E-state index contributed by atoms with van der Waals surface area (Å²) in [6, 6.07) is 7.54. The summed E-state index contributed by atoms with van der Waals surface area (Å²) >= 11 is 0. The summed E-state index contributed by atoms with van der Waals surface area (Å²) in [5.41, 5.74) is 10.2. The van der Waals surface area contributed by atoms with E-state index in [1.54, 1.807) is 12.1 Å². The number of nitrogens with two attached hydrogens (primary N) is 1. The number of benzene rings is 1. The number of hydrogen-bond donors (Lipinski definition) is 4. The van der Waals surface area contributed by atoms with E-state index in [4.69, 9.17) is 10.5 Å². The van der Waals surface area contributed by atoms with Crippen molar-refractivity contribution in [2.75, 3.05) is 0 Å². The predicted octanol–water partition coefficient (Wildman–Crippen LogP) is 1.03. The molecular weight excluding hydrogens is 300 g/mol. The largest absolute Gasteiger partial charge is 0.443 e. The van der Waals surface area contributed by atoms with Crippen molar-refractivity contribution in [2.24, 2.45) is 11.7 Å². The van der Waals surface area contributed by atoms with Crippen LogP contribution in [0.25, 0.3) is 0 Å². The number of ether oxygens (including phenoxy) is 1. The maximum atomic E-state index is 11.6. The topological polar surface area (TPSA) is 123 Å². The number of carbonyl (C=O) groups excluding carboxylic acids is 3. The summed E-state index contributed by atoms with van der Waals surface area (Å²) < 4.78 is 4.91. The average molecular weight is 322 g/mol. The Bertz CT molecular complexity index is 534. The Kier molecular flexibility index (Phi) is 7.38. The van der Waals surface area contributed by atoms with E-state index >= 15 is 0 Å². The Morgan fingerprint density at radius 1 is 1.13 bits per heavy atom. The molecule has 0 radical (unpaired) electrons. The molecule has 8 heteroatoms. The second-order valence-electron chi connectivity index (χ2n) is 5.37. The van der Waals surface area contributed by atoms with Crippen LogP contribution in [-0.2, 0) is 16.1 Å². The molecule has 1 atom stereocenters. The Labute approximate surface area is 134 Å². The summed E-state index contributed by atoms with van der Waals surface area (Å²) in [5, 5.41) is 2.38. The lowest BCUT2D eigenvalue weighted by Crippen LogP contribution is -2.53. The molecule has 0 aliphatic heterocycles. The molecule has 5 N–H and O–H groups in total. The maximum Gasteiger partial charge on any atom is 0.426 e. The highest BCUT2D eigenvalue weighted by molar-refractivity contribution is 5.86. The molecule has 4 amide bonds. The minimum Gasteiger partial charge on any atom is -0.443 e.